The van der Waals surface area contributed by atoms with E-state index in [1.165, 1.54) is 26.0 Å². The number of ether oxygens (including phenoxy) is 2. The Balaban J connectivity index is 2.64. The van der Waals surface area contributed by atoms with Crippen LogP contribution in [-0.2, 0) is 9.59 Å². The fraction of sp³-hybridized carbons (Fsp3) is 0.111. The summed E-state index contributed by atoms with van der Waals surface area (Å²) in [5.74, 6) is -1.68. The molecule has 0 aliphatic heterocycles. The predicted molar refractivity (Wildman–Crippen MR) is 91.5 cm³/mol. The Kier molecular flexibility index (Phi) is 4.95. The summed E-state index contributed by atoms with van der Waals surface area (Å²) in [4.78, 5) is 23.5. The highest BCUT2D eigenvalue weighted by atomic mass is 35.5. The standard InChI is InChI=1S/C18H15ClO5/c1-9(2)17(21)23-15-8-14(20)16(24-18(22)10(3)4)12-6-5-11(19)7-13(12)15/h5-8,20H,1,3H2,2,4H3. The largest absolute Gasteiger partial charge is 0.504 e. The number of halogens is 1. The third-order valence-corrected chi connectivity index (χ3v) is 3.32. The summed E-state index contributed by atoms with van der Waals surface area (Å²) in [6.07, 6.45) is 0. The van der Waals surface area contributed by atoms with Gasteiger partial charge in [-0.05, 0) is 32.0 Å². The average Bonchev–Trinajstić information content (AvgIpc) is 2.50. The van der Waals surface area contributed by atoms with E-state index in [2.05, 4.69) is 13.2 Å². The van der Waals surface area contributed by atoms with Gasteiger partial charge in [0.2, 0.25) is 0 Å². The molecule has 0 aliphatic carbocycles. The van der Waals surface area contributed by atoms with E-state index in [0.29, 0.717) is 15.8 Å². The van der Waals surface area contributed by atoms with E-state index in [9.17, 15) is 14.7 Å². The third-order valence-electron chi connectivity index (χ3n) is 3.09. The first-order valence-corrected chi connectivity index (χ1v) is 7.29. The Morgan fingerprint density at radius 2 is 1.58 bits per heavy atom. The normalized spacial score (nSPS) is 10.3. The van der Waals surface area contributed by atoms with Crippen molar-refractivity contribution in [2.45, 2.75) is 13.8 Å². The highest BCUT2D eigenvalue weighted by Crippen LogP contribution is 2.42. The number of phenolic OH excluding ortho intramolecular Hbond substituents is 1. The molecule has 0 bridgehead atoms. The van der Waals surface area contributed by atoms with Crippen molar-refractivity contribution in [3.63, 3.8) is 0 Å². The Morgan fingerprint density at radius 1 is 1.00 bits per heavy atom. The van der Waals surface area contributed by atoms with Crippen LogP contribution in [0.15, 0.2) is 48.6 Å². The summed E-state index contributed by atoms with van der Waals surface area (Å²) in [7, 11) is 0. The molecule has 0 saturated carbocycles. The Labute approximate surface area is 143 Å². The zero-order valence-electron chi connectivity index (χ0n) is 13.2. The lowest BCUT2D eigenvalue weighted by Crippen LogP contribution is -2.10. The van der Waals surface area contributed by atoms with Crippen LogP contribution >= 0.6 is 11.6 Å². The number of hydrogen-bond acceptors (Lipinski definition) is 5. The van der Waals surface area contributed by atoms with E-state index in [1.807, 2.05) is 0 Å². The van der Waals surface area contributed by atoms with Crippen molar-refractivity contribution in [3.05, 3.63) is 53.6 Å². The zero-order chi connectivity index (χ0) is 18.0. The van der Waals surface area contributed by atoms with Crippen LogP contribution in [0.4, 0.5) is 0 Å². The molecule has 0 fully saturated rings. The van der Waals surface area contributed by atoms with Crippen LogP contribution in [-0.4, -0.2) is 17.0 Å². The van der Waals surface area contributed by atoms with E-state index in [4.69, 9.17) is 21.1 Å². The van der Waals surface area contributed by atoms with Crippen molar-refractivity contribution in [1.82, 2.24) is 0 Å². The summed E-state index contributed by atoms with van der Waals surface area (Å²) in [6, 6.07) is 5.83. The predicted octanol–water partition coefficient (Wildman–Crippen LogP) is 4.16. The lowest BCUT2D eigenvalue weighted by molar-refractivity contribution is -0.131. The molecule has 2 aromatic carbocycles. The smallest absolute Gasteiger partial charge is 0.338 e. The van der Waals surface area contributed by atoms with Gasteiger partial charge in [-0.2, -0.15) is 0 Å². The molecule has 0 radical (unpaired) electrons. The second-order valence-electron chi connectivity index (χ2n) is 5.25. The minimum Gasteiger partial charge on any atom is -0.504 e. The molecular weight excluding hydrogens is 332 g/mol. The summed E-state index contributed by atoms with van der Waals surface area (Å²) in [6.45, 7) is 9.99. The minimum atomic E-state index is -0.687. The van der Waals surface area contributed by atoms with Gasteiger partial charge >= 0.3 is 11.9 Å². The number of carbonyl (C=O) groups is 2. The fourth-order valence-electron chi connectivity index (χ4n) is 1.88. The van der Waals surface area contributed by atoms with E-state index in [1.54, 1.807) is 12.1 Å². The molecule has 124 valence electrons. The maximum atomic E-state index is 11.8. The minimum absolute atomic E-state index is 0.0650. The van der Waals surface area contributed by atoms with Crippen molar-refractivity contribution in [3.8, 4) is 17.2 Å². The van der Waals surface area contributed by atoms with Crippen LogP contribution in [0.25, 0.3) is 10.8 Å². The second kappa shape index (κ2) is 6.76. The van der Waals surface area contributed by atoms with Crippen LogP contribution in [0.2, 0.25) is 5.02 Å². The monoisotopic (exact) mass is 346 g/mol. The first-order chi connectivity index (χ1) is 11.2. The number of hydrogen-bond donors (Lipinski definition) is 1. The van der Waals surface area contributed by atoms with Crippen LogP contribution < -0.4 is 9.47 Å². The van der Waals surface area contributed by atoms with E-state index < -0.39 is 11.9 Å². The van der Waals surface area contributed by atoms with Crippen LogP contribution in [0.1, 0.15) is 13.8 Å². The number of esters is 2. The molecule has 0 saturated heterocycles. The molecule has 5 nitrogen and oxygen atoms in total. The van der Waals surface area contributed by atoms with Crippen molar-refractivity contribution >= 4 is 34.3 Å². The van der Waals surface area contributed by atoms with Gasteiger partial charge in [-0.3, -0.25) is 0 Å². The topological polar surface area (TPSA) is 72.8 Å². The molecule has 2 aromatic rings. The van der Waals surface area contributed by atoms with Gasteiger partial charge in [0.1, 0.15) is 5.75 Å². The van der Waals surface area contributed by atoms with E-state index >= 15 is 0 Å². The molecule has 0 aliphatic rings. The van der Waals surface area contributed by atoms with Gasteiger partial charge in [0.05, 0.1) is 0 Å². The first-order valence-electron chi connectivity index (χ1n) is 6.91. The molecule has 0 aromatic heterocycles. The van der Waals surface area contributed by atoms with Gasteiger partial charge in [-0.25, -0.2) is 9.59 Å². The third kappa shape index (κ3) is 3.58. The number of phenols is 1. The highest BCUT2D eigenvalue weighted by molar-refractivity contribution is 6.31. The van der Waals surface area contributed by atoms with Crippen molar-refractivity contribution < 1.29 is 24.2 Å². The quantitative estimate of drug-likeness (QED) is 0.511. The molecule has 2 rings (SSSR count). The fourth-order valence-corrected chi connectivity index (χ4v) is 2.05. The highest BCUT2D eigenvalue weighted by Gasteiger charge is 2.19. The molecule has 1 N–H and O–H groups in total. The number of carbonyl (C=O) groups excluding carboxylic acids is 2. The van der Waals surface area contributed by atoms with Crippen molar-refractivity contribution in [2.24, 2.45) is 0 Å². The molecule has 6 heteroatoms. The lowest BCUT2D eigenvalue weighted by atomic mass is 10.1. The molecule has 0 unspecified atom stereocenters. The summed E-state index contributed by atoms with van der Waals surface area (Å²) in [5, 5.41) is 11.3. The molecular formula is C18H15ClO5. The van der Waals surface area contributed by atoms with Gasteiger partial charge in [0.15, 0.2) is 11.5 Å². The molecule has 0 atom stereocenters. The van der Waals surface area contributed by atoms with Gasteiger partial charge in [-0.1, -0.05) is 24.8 Å². The van der Waals surface area contributed by atoms with Crippen LogP contribution in [0.3, 0.4) is 0 Å². The molecule has 0 amide bonds. The summed E-state index contributed by atoms with van der Waals surface area (Å²) >= 11 is 6.00. The van der Waals surface area contributed by atoms with Crippen LogP contribution in [0, 0.1) is 0 Å². The number of aromatic hydroxyl groups is 1. The van der Waals surface area contributed by atoms with Gasteiger partial charge < -0.3 is 14.6 Å². The van der Waals surface area contributed by atoms with Gasteiger partial charge in [-0.15, -0.1) is 0 Å². The Hall–Kier alpha value is -2.79. The molecule has 0 spiro atoms. The van der Waals surface area contributed by atoms with Crippen LogP contribution in [0.5, 0.6) is 17.2 Å². The van der Waals surface area contributed by atoms with Gasteiger partial charge in [0, 0.05) is 33.0 Å². The lowest BCUT2D eigenvalue weighted by Gasteiger charge is -2.14. The molecule has 24 heavy (non-hydrogen) atoms. The number of rotatable bonds is 4. The van der Waals surface area contributed by atoms with Gasteiger partial charge in [0.25, 0.3) is 0 Å². The maximum Gasteiger partial charge on any atom is 0.338 e. The average molecular weight is 347 g/mol. The summed E-state index contributed by atoms with van der Waals surface area (Å²) < 4.78 is 10.4. The maximum absolute atomic E-state index is 11.8. The zero-order valence-corrected chi connectivity index (χ0v) is 13.9. The SMILES string of the molecule is C=C(C)C(=O)Oc1cc(O)c(OC(=O)C(=C)C)c2ccc(Cl)cc12. The van der Waals surface area contributed by atoms with Crippen molar-refractivity contribution in [1.29, 1.82) is 0 Å². The Morgan fingerprint density at radius 3 is 2.17 bits per heavy atom. The number of fused-ring (bicyclic) bond motifs is 1. The van der Waals surface area contributed by atoms with E-state index in [-0.39, 0.29) is 28.4 Å². The number of benzene rings is 2. The Bertz CT molecular complexity index is 883. The molecule has 0 heterocycles. The summed E-state index contributed by atoms with van der Waals surface area (Å²) in [5.41, 5.74) is 0.372. The second-order valence-corrected chi connectivity index (χ2v) is 5.69. The van der Waals surface area contributed by atoms with E-state index in [0.717, 1.165) is 0 Å². The van der Waals surface area contributed by atoms with Crippen molar-refractivity contribution in [2.75, 3.05) is 0 Å². The first kappa shape index (κ1) is 17.6.